The molecule has 2 heteroatoms. The minimum absolute atomic E-state index is 0.467. The van der Waals surface area contributed by atoms with E-state index in [9.17, 15) is 4.79 Å². The topological polar surface area (TPSA) is 17.1 Å². The average Bonchev–Trinajstić information content (AvgIpc) is 2.76. The van der Waals surface area contributed by atoms with Crippen LogP contribution in [0.1, 0.15) is 38.5 Å². The van der Waals surface area contributed by atoms with Crippen LogP contribution in [-0.2, 0) is 4.79 Å². The van der Waals surface area contributed by atoms with Gasteiger partial charge in [0.2, 0.25) is 0 Å². The first-order chi connectivity index (χ1) is 7.98. The minimum atomic E-state index is -1.44. The maximum atomic E-state index is 12.3. The van der Waals surface area contributed by atoms with E-state index in [2.05, 4.69) is 19.6 Å². The van der Waals surface area contributed by atoms with Crippen LogP contribution in [0, 0.1) is 5.92 Å². The average molecular weight is 246 g/mol. The molecule has 0 spiro atoms. The predicted molar refractivity (Wildman–Crippen MR) is 73.6 cm³/mol. The molecule has 0 aliphatic heterocycles. The monoisotopic (exact) mass is 246 g/mol. The van der Waals surface area contributed by atoms with Crippen molar-refractivity contribution in [1.29, 1.82) is 0 Å². The molecule has 0 aromatic heterocycles. The highest BCUT2D eigenvalue weighted by atomic mass is 28.3. The highest BCUT2D eigenvalue weighted by Gasteiger charge is 2.40. The van der Waals surface area contributed by atoms with Crippen LogP contribution in [0.15, 0.2) is 21.9 Å². The zero-order chi connectivity index (χ0) is 12.2. The van der Waals surface area contributed by atoms with Crippen molar-refractivity contribution in [2.45, 2.75) is 58.2 Å². The fourth-order valence-electron chi connectivity index (χ4n) is 4.08. The largest absolute Gasteiger partial charge is 0.295 e. The maximum Gasteiger partial charge on any atom is 0.159 e. The number of Topliss-reactive ketones (excluding diaryl/α,β-unsaturated/α-hetero) is 1. The lowest BCUT2D eigenvalue weighted by molar-refractivity contribution is -0.114. The summed E-state index contributed by atoms with van der Waals surface area (Å²) in [7, 11) is -1.44. The lowest BCUT2D eigenvalue weighted by Crippen LogP contribution is -2.28. The minimum Gasteiger partial charge on any atom is -0.295 e. The second-order valence-electron chi connectivity index (χ2n) is 6.84. The van der Waals surface area contributed by atoms with Crippen LogP contribution < -0.4 is 0 Å². The second kappa shape index (κ2) is 3.68. The van der Waals surface area contributed by atoms with Gasteiger partial charge in [0.1, 0.15) is 0 Å². The Morgan fingerprint density at radius 3 is 2.53 bits per heavy atom. The third-order valence-corrected chi connectivity index (χ3v) is 6.73. The summed E-state index contributed by atoms with van der Waals surface area (Å²) < 4.78 is 0. The van der Waals surface area contributed by atoms with Crippen molar-refractivity contribution in [2.75, 3.05) is 0 Å². The Hall–Kier alpha value is -0.633. The van der Waals surface area contributed by atoms with Crippen molar-refractivity contribution >= 4 is 13.9 Å². The Balaban J connectivity index is 2.14. The molecule has 0 bridgehead atoms. The quantitative estimate of drug-likeness (QED) is 0.639. The Labute approximate surface area is 105 Å². The molecule has 1 atom stereocenters. The van der Waals surface area contributed by atoms with Crippen LogP contribution in [0.3, 0.4) is 0 Å². The molecular formula is C15H22OSi. The number of rotatable bonds is 1. The molecule has 1 nitrogen and oxygen atoms in total. The van der Waals surface area contributed by atoms with Gasteiger partial charge in [0, 0.05) is 6.42 Å². The summed E-state index contributed by atoms with van der Waals surface area (Å²) >= 11 is 0. The first-order valence-electron chi connectivity index (χ1n) is 6.97. The number of hydrogen-bond acceptors (Lipinski definition) is 1. The number of allylic oxidation sites excluding steroid dienone is 4. The van der Waals surface area contributed by atoms with Gasteiger partial charge < -0.3 is 0 Å². The molecule has 0 aromatic rings. The molecule has 0 heterocycles. The summed E-state index contributed by atoms with van der Waals surface area (Å²) in [5.41, 5.74) is 4.68. The van der Waals surface area contributed by atoms with Crippen LogP contribution in [0.5, 0.6) is 0 Å². The Morgan fingerprint density at radius 1 is 1.06 bits per heavy atom. The van der Waals surface area contributed by atoms with Gasteiger partial charge in [-0.2, -0.15) is 0 Å². The predicted octanol–water partition coefficient (Wildman–Crippen LogP) is 4.02. The molecule has 0 aromatic carbocycles. The smallest absolute Gasteiger partial charge is 0.159 e. The molecule has 1 unspecified atom stereocenters. The van der Waals surface area contributed by atoms with E-state index in [1.807, 2.05) is 0 Å². The van der Waals surface area contributed by atoms with Gasteiger partial charge in [-0.05, 0) is 54.4 Å². The van der Waals surface area contributed by atoms with Crippen LogP contribution in [-0.4, -0.2) is 13.9 Å². The molecule has 1 saturated carbocycles. The molecule has 17 heavy (non-hydrogen) atoms. The van der Waals surface area contributed by atoms with Crippen molar-refractivity contribution in [1.82, 2.24) is 0 Å². The number of carbonyl (C=O) groups is 1. The fraction of sp³-hybridized carbons (Fsp3) is 0.667. The summed E-state index contributed by atoms with van der Waals surface area (Å²) in [5, 5.41) is 1.28. The molecule has 92 valence electrons. The van der Waals surface area contributed by atoms with Gasteiger partial charge >= 0.3 is 0 Å². The molecule has 3 rings (SSSR count). The number of carbonyl (C=O) groups excluding carboxylic acids is 1. The van der Waals surface area contributed by atoms with E-state index in [4.69, 9.17) is 0 Å². The Morgan fingerprint density at radius 2 is 1.82 bits per heavy atom. The van der Waals surface area contributed by atoms with Crippen LogP contribution >= 0.6 is 0 Å². The Kier molecular flexibility index (Phi) is 2.48. The van der Waals surface area contributed by atoms with Crippen LogP contribution in [0.2, 0.25) is 19.6 Å². The summed E-state index contributed by atoms with van der Waals surface area (Å²) in [6.45, 7) is 6.96. The number of fused-ring (bicyclic) bond motifs is 2. The number of hydrogen-bond donors (Lipinski definition) is 0. The van der Waals surface area contributed by atoms with E-state index in [1.165, 1.54) is 48.4 Å². The van der Waals surface area contributed by atoms with E-state index >= 15 is 0 Å². The van der Waals surface area contributed by atoms with Gasteiger partial charge in [-0.1, -0.05) is 25.2 Å². The van der Waals surface area contributed by atoms with Crippen molar-refractivity contribution in [3.63, 3.8) is 0 Å². The summed E-state index contributed by atoms with van der Waals surface area (Å²) in [4.78, 5) is 12.3. The summed E-state index contributed by atoms with van der Waals surface area (Å²) in [6.07, 6.45) is 7.26. The second-order valence-corrected chi connectivity index (χ2v) is 11.8. The third-order valence-electron chi connectivity index (χ3n) is 4.65. The Bertz CT molecular complexity index is 448. The van der Waals surface area contributed by atoms with Crippen molar-refractivity contribution < 1.29 is 4.79 Å². The van der Waals surface area contributed by atoms with Crippen molar-refractivity contribution in [3.8, 4) is 0 Å². The van der Waals surface area contributed by atoms with Crippen LogP contribution in [0.4, 0.5) is 0 Å². The van der Waals surface area contributed by atoms with E-state index < -0.39 is 8.07 Å². The molecule has 0 saturated heterocycles. The lowest BCUT2D eigenvalue weighted by atomic mass is 9.83. The van der Waals surface area contributed by atoms with Gasteiger partial charge in [0.15, 0.2) is 5.78 Å². The molecule has 0 N–H and O–H groups in total. The van der Waals surface area contributed by atoms with E-state index in [-0.39, 0.29) is 0 Å². The van der Waals surface area contributed by atoms with Gasteiger partial charge in [0.05, 0.1) is 8.07 Å². The molecule has 0 amide bonds. The number of ketones is 1. The van der Waals surface area contributed by atoms with Gasteiger partial charge in [-0.25, -0.2) is 0 Å². The van der Waals surface area contributed by atoms with Crippen molar-refractivity contribution in [2.24, 2.45) is 5.92 Å². The van der Waals surface area contributed by atoms with Crippen LogP contribution in [0.25, 0.3) is 0 Å². The highest BCUT2D eigenvalue weighted by Crippen LogP contribution is 2.49. The molecule has 1 fully saturated rings. The molecule has 3 aliphatic rings. The highest BCUT2D eigenvalue weighted by molar-refractivity contribution is 6.87. The van der Waals surface area contributed by atoms with Gasteiger partial charge in [-0.15, -0.1) is 0 Å². The van der Waals surface area contributed by atoms with Crippen molar-refractivity contribution in [3.05, 3.63) is 21.9 Å². The molecular weight excluding hydrogens is 224 g/mol. The van der Waals surface area contributed by atoms with E-state index in [1.54, 1.807) is 5.57 Å². The zero-order valence-corrected chi connectivity index (χ0v) is 12.2. The zero-order valence-electron chi connectivity index (χ0n) is 11.2. The fourth-order valence-corrected chi connectivity index (χ4v) is 6.19. The lowest BCUT2D eigenvalue weighted by Gasteiger charge is -2.25. The van der Waals surface area contributed by atoms with E-state index in [0.717, 1.165) is 12.3 Å². The molecule has 3 aliphatic carbocycles. The first-order valence-corrected chi connectivity index (χ1v) is 10.5. The normalized spacial score (nSPS) is 28.9. The third kappa shape index (κ3) is 1.68. The molecule has 0 radical (unpaired) electrons. The summed E-state index contributed by atoms with van der Waals surface area (Å²) in [6, 6.07) is 0. The van der Waals surface area contributed by atoms with Gasteiger partial charge in [0.25, 0.3) is 0 Å². The standard InChI is InChI=1S/C15H22OSi/c1-17(2,3)15-12-8-7-10-5-4-6-11(10)13(12)9-14(15)16/h10H,4-9H2,1-3H3. The van der Waals surface area contributed by atoms with Gasteiger partial charge in [-0.3, -0.25) is 4.79 Å². The summed E-state index contributed by atoms with van der Waals surface area (Å²) in [5.74, 6) is 1.30. The maximum absolute atomic E-state index is 12.3. The van der Waals surface area contributed by atoms with E-state index in [0.29, 0.717) is 5.78 Å². The SMILES string of the molecule is C[Si](C)(C)C1=C2CCC3CCCC3=C2CC1=O. The first kappa shape index (κ1) is 11.5.